The summed E-state index contributed by atoms with van der Waals surface area (Å²) in [6, 6.07) is 0.361. The normalized spacial score (nSPS) is 13.2. The maximum atomic E-state index is 5.65. The van der Waals surface area contributed by atoms with Gasteiger partial charge < -0.3 is 10.1 Å². The van der Waals surface area contributed by atoms with E-state index in [1.54, 1.807) is 0 Å². The summed E-state index contributed by atoms with van der Waals surface area (Å²) in [5, 5.41) is 8.19. The van der Waals surface area contributed by atoms with Crippen molar-refractivity contribution >= 4 is 0 Å². The van der Waals surface area contributed by atoms with E-state index in [4.69, 9.17) is 4.74 Å². The molecule has 4 nitrogen and oxygen atoms in total. The third-order valence-electron chi connectivity index (χ3n) is 3.47. The summed E-state index contributed by atoms with van der Waals surface area (Å²) in [4.78, 5) is 0. The van der Waals surface area contributed by atoms with E-state index in [0.717, 1.165) is 38.4 Å². The molecule has 1 aromatic rings. The van der Waals surface area contributed by atoms with Gasteiger partial charge in [0.05, 0.1) is 18.8 Å². The van der Waals surface area contributed by atoms with Crippen LogP contribution in [0.4, 0.5) is 0 Å². The van der Waals surface area contributed by atoms with Gasteiger partial charge in [-0.3, -0.25) is 4.68 Å². The summed E-state index contributed by atoms with van der Waals surface area (Å²) in [5.74, 6) is 0.587. The molecule has 0 aliphatic carbocycles. The first-order chi connectivity index (χ1) is 9.47. The van der Waals surface area contributed by atoms with E-state index in [9.17, 15) is 0 Å². The predicted octanol–water partition coefficient (Wildman–Crippen LogP) is 3.23. The van der Waals surface area contributed by atoms with Crippen molar-refractivity contribution in [3.63, 3.8) is 0 Å². The van der Waals surface area contributed by atoms with Crippen LogP contribution in [0.2, 0.25) is 0 Å². The van der Waals surface area contributed by atoms with Crippen molar-refractivity contribution in [2.24, 2.45) is 5.92 Å². The molecule has 1 unspecified atom stereocenters. The smallest absolute Gasteiger partial charge is 0.0662 e. The number of aryl methyl sites for hydroxylation is 1. The zero-order chi connectivity index (χ0) is 15.1. The highest BCUT2D eigenvalue weighted by Crippen LogP contribution is 2.21. The minimum atomic E-state index is 0.361. The van der Waals surface area contributed by atoms with Crippen LogP contribution in [0.25, 0.3) is 0 Å². The molecule has 20 heavy (non-hydrogen) atoms. The van der Waals surface area contributed by atoms with E-state index in [2.05, 4.69) is 56.6 Å². The Hall–Kier alpha value is -0.870. The molecule has 0 amide bonds. The molecule has 1 N–H and O–H groups in total. The first-order valence-corrected chi connectivity index (χ1v) is 7.82. The number of ether oxygens (including phenoxy) is 1. The lowest BCUT2D eigenvalue weighted by atomic mass is 10.1. The van der Waals surface area contributed by atoms with Crippen LogP contribution in [0.5, 0.6) is 0 Å². The van der Waals surface area contributed by atoms with E-state index >= 15 is 0 Å². The van der Waals surface area contributed by atoms with Crippen molar-refractivity contribution in [1.82, 2.24) is 15.1 Å². The average Bonchev–Trinajstić information content (AvgIpc) is 2.66. The Labute approximate surface area is 123 Å². The molecule has 0 bridgehead atoms. The van der Waals surface area contributed by atoms with Crippen molar-refractivity contribution in [2.75, 3.05) is 19.8 Å². The molecule has 1 atom stereocenters. The Morgan fingerprint density at radius 3 is 2.55 bits per heavy atom. The van der Waals surface area contributed by atoms with Gasteiger partial charge in [0.15, 0.2) is 0 Å². The zero-order valence-electron chi connectivity index (χ0n) is 14.0. The molecular formula is C16H31N3O. The van der Waals surface area contributed by atoms with E-state index < -0.39 is 0 Å². The van der Waals surface area contributed by atoms with Crippen LogP contribution in [0.1, 0.15) is 57.1 Å². The molecule has 116 valence electrons. The Morgan fingerprint density at radius 2 is 1.95 bits per heavy atom. The number of nitrogens with one attached hydrogen (secondary N) is 1. The standard InChI is InChI=1S/C16H31N3O/c1-7-8-17-13(4)16-14(5)18-19(15(16)6)9-10-20-11-12(2)3/h12-13,17H,7-11H2,1-6H3. The molecule has 0 saturated carbocycles. The van der Waals surface area contributed by atoms with Crippen molar-refractivity contribution in [3.05, 3.63) is 17.0 Å². The molecule has 1 aromatic heterocycles. The quantitative estimate of drug-likeness (QED) is 0.706. The van der Waals surface area contributed by atoms with Gasteiger partial charge in [-0.2, -0.15) is 5.10 Å². The third kappa shape index (κ3) is 4.91. The monoisotopic (exact) mass is 281 g/mol. The minimum absolute atomic E-state index is 0.361. The maximum Gasteiger partial charge on any atom is 0.0662 e. The van der Waals surface area contributed by atoms with Crippen molar-refractivity contribution < 1.29 is 4.74 Å². The lowest BCUT2D eigenvalue weighted by molar-refractivity contribution is 0.100. The highest BCUT2D eigenvalue weighted by Gasteiger charge is 2.16. The lowest BCUT2D eigenvalue weighted by Crippen LogP contribution is -2.20. The van der Waals surface area contributed by atoms with Crippen LogP contribution in [0.15, 0.2) is 0 Å². The average molecular weight is 281 g/mol. The maximum absolute atomic E-state index is 5.65. The summed E-state index contributed by atoms with van der Waals surface area (Å²) >= 11 is 0. The summed E-state index contributed by atoms with van der Waals surface area (Å²) < 4.78 is 7.73. The van der Waals surface area contributed by atoms with Gasteiger partial charge in [-0.05, 0) is 39.7 Å². The highest BCUT2D eigenvalue weighted by molar-refractivity contribution is 5.27. The second-order valence-electron chi connectivity index (χ2n) is 5.95. The SMILES string of the molecule is CCCNC(C)c1c(C)nn(CCOCC(C)C)c1C. The molecule has 0 spiro atoms. The number of hydrogen-bond acceptors (Lipinski definition) is 3. The Balaban J connectivity index is 2.61. The molecule has 4 heteroatoms. The summed E-state index contributed by atoms with van der Waals surface area (Å²) in [6.07, 6.45) is 1.15. The van der Waals surface area contributed by atoms with Gasteiger partial charge in [0.2, 0.25) is 0 Å². The fourth-order valence-corrected chi connectivity index (χ4v) is 2.49. The van der Waals surface area contributed by atoms with Gasteiger partial charge in [0.25, 0.3) is 0 Å². The van der Waals surface area contributed by atoms with Gasteiger partial charge in [-0.15, -0.1) is 0 Å². The molecule has 0 aliphatic heterocycles. The van der Waals surface area contributed by atoms with Gasteiger partial charge in [0, 0.05) is 23.9 Å². The second kappa shape index (κ2) is 8.42. The molecule has 1 rings (SSSR count). The van der Waals surface area contributed by atoms with E-state index in [0.29, 0.717) is 12.0 Å². The molecule has 0 radical (unpaired) electrons. The molecule has 0 aliphatic rings. The van der Waals surface area contributed by atoms with Gasteiger partial charge >= 0.3 is 0 Å². The fourth-order valence-electron chi connectivity index (χ4n) is 2.49. The van der Waals surface area contributed by atoms with Crippen molar-refractivity contribution in [3.8, 4) is 0 Å². The molecular weight excluding hydrogens is 250 g/mol. The summed E-state index contributed by atoms with van der Waals surface area (Å²) in [6.45, 7) is 16.4. The van der Waals surface area contributed by atoms with Gasteiger partial charge in [-0.1, -0.05) is 20.8 Å². The van der Waals surface area contributed by atoms with Crippen LogP contribution in [0.3, 0.4) is 0 Å². The fraction of sp³-hybridized carbons (Fsp3) is 0.812. The largest absolute Gasteiger partial charge is 0.379 e. The van der Waals surface area contributed by atoms with Crippen molar-refractivity contribution in [1.29, 1.82) is 0 Å². The van der Waals surface area contributed by atoms with Crippen LogP contribution >= 0.6 is 0 Å². The Bertz CT molecular complexity index is 399. The van der Waals surface area contributed by atoms with E-state index in [-0.39, 0.29) is 0 Å². The molecule has 0 fully saturated rings. The van der Waals surface area contributed by atoms with Crippen LogP contribution in [0, 0.1) is 19.8 Å². The Morgan fingerprint density at radius 1 is 1.25 bits per heavy atom. The van der Waals surface area contributed by atoms with Gasteiger partial charge in [-0.25, -0.2) is 0 Å². The van der Waals surface area contributed by atoms with E-state index in [1.807, 2.05) is 0 Å². The molecule has 1 heterocycles. The third-order valence-corrected chi connectivity index (χ3v) is 3.47. The zero-order valence-corrected chi connectivity index (χ0v) is 14.0. The first-order valence-electron chi connectivity index (χ1n) is 7.82. The summed E-state index contributed by atoms with van der Waals surface area (Å²) in [7, 11) is 0. The van der Waals surface area contributed by atoms with E-state index in [1.165, 1.54) is 11.3 Å². The number of hydrogen-bond donors (Lipinski definition) is 1. The molecule has 0 saturated heterocycles. The Kier molecular flexibility index (Phi) is 7.24. The first kappa shape index (κ1) is 17.2. The van der Waals surface area contributed by atoms with Crippen LogP contribution < -0.4 is 5.32 Å². The van der Waals surface area contributed by atoms with Crippen LogP contribution in [-0.4, -0.2) is 29.5 Å². The van der Waals surface area contributed by atoms with Crippen LogP contribution in [-0.2, 0) is 11.3 Å². The number of nitrogens with zero attached hydrogens (tertiary/aromatic N) is 2. The van der Waals surface area contributed by atoms with Crippen molar-refractivity contribution in [2.45, 2.75) is 60.5 Å². The summed E-state index contributed by atoms with van der Waals surface area (Å²) in [5.41, 5.74) is 3.72. The number of aromatic nitrogens is 2. The predicted molar refractivity (Wildman–Crippen MR) is 84.1 cm³/mol. The van der Waals surface area contributed by atoms with Gasteiger partial charge in [0.1, 0.15) is 0 Å². The molecule has 0 aromatic carbocycles. The number of rotatable bonds is 9. The minimum Gasteiger partial charge on any atom is -0.379 e. The topological polar surface area (TPSA) is 39.1 Å². The second-order valence-corrected chi connectivity index (χ2v) is 5.95. The highest BCUT2D eigenvalue weighted by atomic mass is 16.5. The lowest BCUT2D eigenvalue weighted by Gasteiger charge is -2.14.